The Morgan fingerprint density at radius 2 is 1.93 bits per heavy atom. The smallest absolute Gasteiger partial charge is 0.120 e. The van der Waals surface area contributed by atoms with Crippen molar-refractivity contribution in [3.8, 4) is 0 Å². The molecule has 0 radical (unpaired) electrons. The van der Waals surface area contributed by atoms with Crippen LogP contribution in [0.15, 0.2) is 47.3 Å². The lowest BCUT2D eigenvalue weighted by Crippen LogP contribution is -2.44. The van der Waals surface area contributed by atoms with E-state index in [-0.39, 0.29) is 0 Å². The van der Waals surface area contributed by atoms with E-state index in [9.17, 15) is 0 Å². The normalized spacial score (nSPS) is 15.6. The number of benzene rings is 1. The fourth-order valence-electron chi connectivity index (χ4n) is 1.23. The van der Waals surface area contributed by atoms with E-state index in [0.29, 0.717) is 5.82 Å². The zero-order valence-corrected chi connectivity index (χ0v) is 7.51. The Labute approximate surface area is 81.6 Å². The quantitative estimate of drug-likeness (QED) is 0.538. The van der Waals surface area contributed by atoms with Crippen LogP contribution < -0.4 is 17.0 Å². The van der Waals surface area contributed by atoms with E-state index in [0.717, 1.165) is 16.5 Å². The zero-order valence-electron chi connectivity index (χ0n) is 7.51. The summed E-state index contributed by atoms with van der Waals surface area (Å²) in [4.78, 5) is 0. The molecule has 14 heavy (non-hydrogen) atoms. The molecule has 0 spiro atoms. The minimum Gasteiger partial charge on any atom is -0.384 e. The van der Waals surface area contributed by atoms with Crippen molar-refractivity contribution in [3.63, 3.8) is 0 Å². The monoisotopic (exact) mass is 189 g/mol. The number of hydrogen-bond acceptors (Lipinski definition) is 5. The summed E-state index contributed by atoms with van der Waals surface area (Å²) in [6.45, 7) is 0. The maximum absolute atomic E-state index is 5.60. The van der Waals surface area contributed by atoms with Crippen molar-refractivity contribution in [2.45, 2.75) is 0 Å². The molecule has 5 heteroatoms. The van der Waals surface area contributed by atoms with Crippen LogP contribution in [-0.4, -0.2) is 10.9 Å². The third-order valence-corrected chi connectivity index (χ3v) is 1.82. The first-order chi connectivity index (χ1) is 6.75. The average Bonchev–Trinajstić information content (AvgIpc) is 2.18. The third-order valence-electron chi connectivity index (χ3n) is 1.82. The first kappa shape index (κ1) is 8.58. The lowest BCUT2D eigenvalue weighted by molar-refractivity contribution is 0.224. The molecule has 0 atom stereocenters. The molecule has 1 aromatic carbocycles. The molecular formula is C9H11N5. The van der Waals surface area contributed by atoms with Crippen molar-refractivity contribution in [2.75, 3.05) is 0 Å². The van der Waals surface area contributed by atoms with Crippen LogP contribution in [0.5, 0.6) is 0 Å². The standard InChI is InChI=1S/C9H11N5/c10-9-6-8(12-14(11)13-9)7-4-2-1-3-5-7/h1-6,13H,10-11H2. The van der Waals surface area contributed by atoms with Gasteiger partial charge in [-0.2, -0.15) is 0 Å². The SMILES string of the molecule is NC1=CC(c2ccccc2)=NN(N)N1. The minimum absolute atomic E-state index is 0.473. The van der Waals surface area contributed by atoms with E-state index in [4.69, 9.17) is 11.6 Å². The molecule has 5 N–H and O–H groups in total. The van der Waals surface area contributed by atoms with Gasteiger partial charge in [-0.05, 0) is 0 Å². The van der Waals surface area contributed by atoms with Crippen molar-refractivity contribution in [2.24, 2.45) is 16.7 Å². The van der Waals surface area contributed by atoms with Gasteiger partial charge in [0, 0.05) is 11.6 Å². The van der Waals surface area contributed by atoms with Crippen LogP contribution in [0, 0.1) is 0 Å². The molecule has 0 fully saturated rings. The van der Waals surface area contributed by atoms with Gasteiger partial charge in [0.15, 0.2) is 0 Å². The molecule has 0 saturated heterocycles. The van der Waals surface area contributed by atoms with Crippen molar-refractivity contribution in [3.05, 3.63) is 47.8 Å². The van der Waals surface area contributed by atoms with E-state index in [1.165, 1.54) is 0 Å². The van der Waals surface area contributed by atoms with Gasteiger partial charge >= 0.3 is 0 Å². The van der Waals surface area contributed by atoms with E-state index < -0.39 is 0 Å². The van der Waals surface area contributed by atoms with Gasteiger partial charge in [-0.3, -0.25) is 5.43 Å². The second-order valence-electron chi connectivity index (χ2n) is 2.91. The Hall–Kier alpha value is -2.01. The Bertz CT molecular complexity index is 381. The largest absolute Gasteiger partial charge is 0.384 e. The molecule has 2 rings (SSSR count). The van der Waals surface area contributed by atoms with Gasteiger partial charge in [0.05, 0.1) is 5.71 Å². The first-order valence-corrected chi connectivity index (χ1v) is 4.18. The molecule has 0 aliphatic carbocycles. The number of hydrazone groups is 1. The second kappa shape index (κ2) is 3.39. The molecule has 1 heterocycles. The topological polar surface area (TPSA) is 79.7 Å². The van der Waals surface area contributed by atoms with Crippen molar-refractivity contribution in [1.82, 2.24) is 10.7 Å². The van der Waals surface area contributed by atoms with Crippen LogP contribution in [0.25, 0.3) is 0 Å². The van der Waals surface area contributed by atoms with E-state index in [2.05, 4.69) is 10.5 Å². The summed E-state index contributed by atoms with van der Waals surface area (Å²) in [6, 6.07) is 9.71. The van der Waals surface area contributed by atoms with Crippen molar-refractivity contribution in [1.29, 1.82) is 0 Å². The van der Waals surface area contributed by atoms with E-state index in [1.54, 1.807) is 6.08 Å². The summed E-state index contributed by atoms with van der Waals surface area (Å²) in [5.41, 5.74) is 9.96. The van der Waals surface area contributed by atoms with Gasteiger partial charge in [-0.15, -0.1) is 10.3 Å². The summed E-state index contributed by atoms with van der Waals surface area (Å²) in [6.07, 6.45) is 1.73. The fourth-order valence-corrected chi connectivity index (χ4v) is 1.23. The highest BCUT2D eigenvalue weighted by molar-refractivity contribution is 6.09. The molecular weight excluding hydrogens is 178 g/mol. The molecule has 0 bridgehead atoms. The summed E-state index contributed by atoms with van der Waals surface area (Å²) in [5.74, 6) is 5.94. The molecule has 0 aromatic heterocycles. The Kier molecular flexibility index (Phi) is 2.08. The molecule has 0 saturated carbocycles. The van der Waals surface area contributed by atoms with Gasteiger partial charge < -0.3 is 5.73 Å². The van der Waals surface area contributed by atoms with Gasteiger partial charge in [0.25, 0.3) is 0 Å². The number of allylic oxidation sites excluding steroid dienone is 1. The summed E-state index contributed by atoms with van der Waals surface area (Å²) >= 11 is 0. The van der Waals surface area contributed by atoms with Gasteiger partial charge in [-0.25, -0.2) is 5.84 Å². The fraction of sp³-hybridized carbons (Fsp3) is 0. The number of nitrogens with two attached hydrogens (primary N) is 2. The van der Waals surface area contributed by atoms with Crippen LogP contribution in [0.2, 0.25) is 0 Å². The maximum Gasteiger partial charge on any atom is 0.120 e. The molecule has 0 amide bonds. The Balaban J connectivity index is 2.36. The lowest BCUT2D eigenvalue weighted by Gasteiger charge is -2.20. The predicted molar refractivity (Wildman–Crippen MR) is 54.4 cm³/mol. The number of rotatable bonds is 1. The molecule has 72 valence electrons. The predicted octanol–water partition coefficient (Wildman–Crippen LogP) is -0.115. The number of nitrogens with zero attached hydrogens (tertiary/aromatic N) is 2. The Morgan fingerprint density at radius 1 is 1.21 bits per heavy atom. The van der Waals surface area contributed by atoms with Gasteiger partial charge in [0.2, 0.25) is 0 Å². The van der Waals surface area contributed by atoms with Crippen LogP contribution in [0.1, 0.15) is 5.56 Å². The highest BCUT2D eigenvalue weighted by Crippen LogP contribution is 2.06. The van der Waals surface area contributed by atoms with Crippen LogP contribution >= 0.6 is 0 Å². The van der Waals surface area contributed by atoms with Crippen LogP contribution in [0.3, 0.4) is 0 Å². The molecule has 1 aromatic rings. The number of nitrogens with one attached hydrogen (secondary N) is 1. The lowest BCUT2D eigenvalue weighted by atomic mass is 10.1. The van der Waals surface area contributed by atoms with Crippen LogP contribution in [0.4, 0.5) is 0 Å². The van der Waals surface area contributed by atoms with Crippen molar-refractivity contribution >= 4 is 5.71 Å². The summed E-state index contributed by atoms with van der Waals surface area (Å²) in [7, 11) is 0. The molecule has 5 nitrogen and oxygen atoms in total. The first-order valence-electron chi connectivity index (χ1n) is 4.18. The summed E-state index contributed by atoms with van der Waals surface area (Å²) < 4.78 is 0. The molecule has 0 unspecified atom stereocenters. The Morgan fingerprint density at radius 3 is 2.57 bits per heavy atom. The highest BCUT2D eigenvalue weighted by atomic mass is 15.8. The van der Waals surface area contributed by atoms with E-state index in [1.807, 2.05) is 30.3 Å². The third kappa shape index (κ3) is 1.67. The van der Waals surface area contributed by atoms with Crippen molar-refractivity contribution < 1.29 is 0 Å². The summed E-state index contributed by atoms with van der Waals surface area (Å²) in [5, 5.41) is 5.16. The molecule has 1 aliphatic rings. The van der Waals surface area contributed by atoms with Crippen LogP contribution in [-0.2, 0) is 0 Å². The van der Waals surface area contributed by atoms with Gasteiger partial charge in [0.1, 0.15) is 5.82 Å². The highest BCUT2D eigenvalue weighted by Gasteiger charge is 2.08. The average molecular weight is 189 g/mol. The minimum atomic E-state index is 0.473. The van der Waals surface area contributed by atoms with Gasteiger partial charge in [-0.1, -0.05) is 30.3 Å². The molecule has 1 aliphatic heterocycles. The zero-order chi connectivity index (χ0) is 9.97. The number of hydrogen-bond donors (Lipinski definition) is 3. The van der Waals surface area contributed by atoms with E-state index >= 15 is 0 Å². The number of hydrazine groups is 2. The maximum atomic E-state index is 5.60. The second-order valence-corrected chi connectivity index (χ2v) is 2.91.